The summed E-state index contributed by atoms with van der Waals surface area (Å²) in [6, 6.07) is 0. The minimum absolute atomic E-state index is 0.00600. The number of carbonyl (C=O) groups excluding carboxylic acids is 1. The van der Waals surface area contributed by atoms with Gasteiger partial charge in [0.25, 0.3) is 0 Å². The standard InChI is InChI=1S/C8H13ClO2/c1-2-3-4-11-8(10)6-5-7(6)9/h6-7H,2-5H2,1H3. The summed E-state index contributed by atoms with van der Waals surface area (Å²) < 4.78 is 4.95. The lowest BCUT2D eigenvalue weighted by Crippen LogP contribution is -2.08. The number of hydrogen-bond acceptors (Lipinski definition) is 2. The molecule has 2 atom stereocenters. The zero-order valence-electron chi connectivity index (χ0n) is 6.68. The molecule has 64 valence electrons. The third kappa shape index (κ3) is 2.70. The quantitative estimate of drug-likeness (QED) is 0.372. The number of hydrogen-bond donors (Lipinski definition) is 0. The Morgan fingerprint density at radius 1 is 1.73 bits per heavy atom. The summed E-state index contributed by atoms with van der Waals surface area (Å²) >= 11 is 5.66. The lowest BCUT2D eigenvalue weighted by Gasteiger charge is -2.00. The van der Waals surface area contributed by atoms with E-state index in [1.807, 2.05) is 0 Å². The minimum Gasteiger partial charge on any atom is -0.465 e. The van der Waals surface area contributed by atoms with Crippen LogP contribution in [0.3, 0.4) is 0 Å². The van der Waals surface area contributed by atoms with Crippen molar-refractivity contribution in [2.24, 2.45) is 5.92 Å². The normalized spacial score (nSPS) is 28.2. The summed E-state index contributed by atoms with van der Waals surface area (Å²) in [5, 5.41) is 0.0455. The molecule has 11 heavy (non-hydrogen) atoms. The Labute approximate surface area is 71.9 Å². The van der Waals surface area contributed by atoms with E-state index < -0.39 is 0 Å². The fraction of sp³-hybridized carbons (Fsp3) is 0.875. The minimum atomic E-state index is -0.113. The van der Waals surface area contributed by atoms with Crippen molar-refractivity contribution in [1.29, 1.82) is 0 Å². The average Bonchev–Trinajstić information content (AvgIpc) is 2.67. The highest BCUT2D eigenvalue weighted by atomic mass is 35.5. The van der Waals surface area contributed by atoms with Crippen molar-refractivity contribution >= 4 is 17.6 Å². The van der Waals surface area contributed by atoms with Crippen molar-refractivity contribution < 1.29 is 9.53 Å². The molecule has 2 unspecified atom stereocenters. The molecule has 3 heteroatoms. The Bertz CT molecular complexity index is 147. The number of esters is 1. The van der Waals surface area contributed by atoms with Gasteiger partial charge in [-0.2, -0.15) is 0 Å². The third-order valence-electron chi connectivity index (χ3n) is 1.76. The van der Waals surface area contributed by atoms with Crippen molar-refractivity contribution in [2.75, 3.05) is 6.61 Å². The third-order valence-corrected chi connectivity index (χ3v) is 2.24. The van der Waals surface area contributed by atoms with Gasteiger partial charge < -0.3 is 4.74 Å². The summed E-state index contributed by atoms with van der Waals surface area (Å²) in [6.07, 6.45) is 2.81. The molecular weight excluding hydrogens is 164 g/mol. The summed E-state index contributed by atoms with van der Waals surface area (Å²) in [5.41, 5.74) is 0. The molecule has 1 aliphatic carbocycles. The molecule has 0 radical (unpaired) electrons. The first-order chi connectivity index (χ1) is 5.25. The Kier molecular flexibility index (Phi) is 3.18. The molecule has 0 heterocycles. The van der Waals surface area contributed by atoms with Crippen molar-refractivity contribution in [2.45, 2.75) is 31.6 Å². The Balaban J connectivity index is 2.03. The highest BCUT2D eigenvalue weighted by molar-refractivity contribution is 6.24. The van der Waals surface area contributed by atoms with Gasteiger partial charge >= 0.3 is 5.97 Å². The number of ether oxygens (including phenoxy) is 1. The Morgan fingerprint density at radius 2 is 2.36 bits per heavy atom. The second-order valence-electron chi connectivity index (χ2n) is 2.88. The second kappa shape index (κ2) is 3.96. The van der Waals surface area contributed by atoms with Crippen LogP contribution < -0.4 is 0 Å². The van der Waals surface area contributed by atoms with Crippen LogP contribution in [0.4, 0.5) is 0 Å². The van der Waals surface area contributed by atoms with Gasteiger partial charge in [0.1, 0.15) is 0 Å². The van der Waals surface area contributed by atoms with Crippen LogP contribution >= 0.6 is 11.6 Å². The van der Waals surface area contributed by atoms with Crippen LogP contribution in [-0.4, -0.2) is 18.0 Å². The first-order valence-corrected chi connectivity index (χ1v) is 4.50. The first kappa shape index (κ1) is 8.85. The molecule has 1 rings (SSSR count). The Morgan fingerprint density at radius 3 is 2.82 bits per heavy atom. The highest BCUT2D eigenvalue weighted by Gasteiger charge is 2.42. The molecule has 0 N–H and O–H groups in total. The molecule has 0 bridgehead atoms. The summed E-state index contributed by atoms with van der Waals surface area (Å²) in [5.74, 6) is -0.119. The van der Waals surface area contributed by atoms with Gasteiger partial charge in [0.2, 0.25) is 0 Å². The predicted octanol–water partition coefficient (Wildman–Crippen LogP) is 1.96. The highest BCUT2D eigenvalue weighted by Crippen LogP contribution is 2.36. The van der Waals surface area contributed by atoms with E-state index in [1.165, 1.54) is 0 Å². The molecule has 0 spiro atoms. The first-order valence-electron chi connectivity index (χ1n) is 4.06. The Hall–Kier alpha value is -0.240. The van der Waals surface area contributed by atoms with Gasteiger partial charge in [-0.25, -0.2) is 0 Å². The van der Waals surface area contributed by atoms with Crippen molar-refractivity contribution in [3.63, 3.8) is 0 Å². The smallest absolute Gasteiger partial charge is 0.310 e. The number of rotatable bonds is 4. The van der Waals surface area contributed by atoms with Crippen LogP contribution in [-0.2, 0) is 9.53 Å². The van der Waals surface area contributed by atoms with Crippen LogP contribution in [0.1, 0.15) is 26.2 Å². The van der Waals surface area contributed by atoms with Gasteiger partial charge in [-0.1, -0.05) is 13.3 Å². The van der Waals surface area contributed by atoms with Crippen LogP contribution in [0.15, 0.2) is 0 Å². The van der Waals surface area contributed by atoms with E-state index in [-0.39, 0.29) is 17.3 Å². The zero-order valence-corrected chi connectivity index (χ0v) is 7.43. The van der Waals surface area contributed by atoms with Gasteiger partial charge in [0.15, 0.2) is 0 Å². The van der Waals surface area contributed by atoms with E-state index in [0.717, 1.165) is 19.3 Å². The molecule has 0 saturated heterocycles. The topological polar surface area (TPSA) is 26.3 Å². The second-order valence-corrected chi connectivity index (χ2v) is 3.44. The van der Waals surface area contributed by atoms with Gasteiger partial charge in [0.05, 0.1) is 12.5 Å². The van der Waals surface area contributed by atoms with E-state index in [2.05, 4.69) is 6.92 Å². The molecule has 1 aliphatic rings. The molecule has 1 saturated carbocycles. The van der Waals surface area contributed by atoms with E-state index in [4.69, 9.17) is 16.3 Å². The monoisotopic (exact) mass is 176 g/mol. The number of carbonyl (C=O) groups is 1. The maximum atomic E-state index is 11.0. The fourth-order valence-corrected chi connectivity index (χ4v) is 1.13. The molecule has 0 amide bonds. The van der Waals surface area contributed by atoms with Crippen LogP contribution in [0.5, 0.6) is 0 Å². The summed E-state index contributed by atoms with van der Waals surface area (Å²) in [4.78, 5) is 11.0. The van der Waals surface area contributed by atoms with Crippen LogP contribution in [0.25, 0.3) is 0 Å². The van der Waals surface area contributed by atoms with Gasteiger partial charge in [-0.3, -0.25) is 4.79 Å². The van der Waals surface area contributed by atoms with Gasteiger partial charge in [-0.05, 0) is 12.8 Å². The molecular formula is C8H13ClO2. The largest absolute Gasteiger partial charge is 0.465 e. The SMILES string of the molecule is CCCCOC(=O)C1CC1Cl. The number of unbranched alkanes of at least 4 members (excludes halogenated alkanes) is 1. The number of halogens is 1. The van der Waals surface area contributed by atoms with Crippen molar-refractivity contribution in [3.8, 4) is 0 Å². The van der Waals surface area contributed by atoms with E-state index in [1.54, 1.807) is 0 Å². The summed E-state index contributed by atoms with van der Waals surface area (Å²) in [6.45, 7) is 2.62. The molecule has 0 aliphatic heterocycles. The maximum Gasteiger partial charge on any atom is 0.310 e. The lowest BCUT2D eigenvalue weighted by atomic mass is 10.3. The fourth-order valence-electron chi connectivity index (χ4n) is 0.832. The van der Waals surface area contributed by atoms with Crippen LogP contribution in [0, 0.1) is 5.92 Å². The van der Waals surface area contributed by atoms with Gasteiger partial charge in [0, 0.05) is 5.38 Å². The molecule has 0 aromatic heterocycles. The van der Waals surface area contributed by atoms with Gasteiger partial charge in [-0.15, -0.1) is 11.6 Å². The zero-order chi connectivity index (χ0) is 8.27. The lowest BCUT2D eigenvalue weighted by molar-refractivity contribution is -0.145. The molecule has 0 aromatic rings. The summed E-state index contributed by atoms with van der Waals surface area (Å²) in [7, 11) is 0. The maximum absolute atomic E-state index is 11.0. The van der Waals surface area contributed by atoms with E-state index >= 15 is 0 Å². The molecule has 1 fully saturated rings. The predicted molar refractivity (Wildman–Crippen MR) is 43.6 cm³/mol. The van der Waals surface area contributed by atoms with E-state index in [9.17, 15) is 4.79 Å². The van der Waals surface area contributed by atoms with Crippen molar-refractivity contribution in [3.05, 3.63) is 0 Å². The molecule has 0 aromatic carbocycles. The molecule has 2 nitrogen and oxygen atoms in total. The average molecular weight is 177 g/mol. The van der Waals surface area contributed by atoms with Crippen LogP contribution in [0.2, 0.25) is 0 Å². The van der Waals surface area contributed by atoms with E-state index in [0.29, 0.717) is 6.61 Å². The van der Waals surface area contributed by atoms with Crippen molar-refractivity contribution in [1.82, 2.24) is 0 Å². The number of alkyl halides is 1.